The van der Waals surface area contributed by atoms with Crippen molar-refractivity contribution in [3.63, 3.8) is 0 Å². The quantitative estimate of drug-likeness (QED) is 0.672. The van der Waals surface area contributed by atoms with E-state index in [9.17, 15) is 5.11 Å². The molecule has 0 spiro atoms. The van der Waals surface area contributed by atoms with E-state index in [1.807, 2.05) is 6.92 Å². The summed E-state index contributed by atoms with van der Waals surface area (Å²) in [7, 11) is 0. The summed E-state index contributed by atoms with van der Waals surface area (Å²) in [6, 6.07) is 0.485. The number of likely N-dealkylation sites (tertiary alicyclic amines) is 1. The molecule has 3 nitrogen and oxygen atoms in total. The van der Waals surface area contributed by atoms with Crippen molar-refractivity contribution in [1.29, 1.82) is 0 Å². The van der Waals surface area contributed by atoms with Crippen LogP contribution in [0.5, 0.6) is 0 Å². The van der Waals surface area contributed by atoms with E-state index in [2.05, 4.69) is 11.8 Å². The van der Waals surface area contributed by atoms with Crippen LogP contribution in [-0.2, 0) is 0 Å². The third kappa shape index (κ3) is 3.25. The minimum Gasteiger partial charge on any atom is -0.392 e. The molecule has 0 aliphatic carbocycles. The number of rotatable bonds is 3. The Balaban J connectivity index is 2.42. The van der Waals surface area contributed by atoms with Crippen molar-refractivity contribution in [3.05, 3.63) is 0 Å². The second kappa shape index (κ2) is 4.94. The summed E-state index contributed by atoms with van der Waals surface area (Å²) in [4.78, 5) is 2.32. The van der Waals surface area contributed by atoms with Gasteiger partial charge in [-0.1, -0.05) is 6.92 Å². The SMILES string of the molecule is CC1CCN(C[C@@H](C)O)C(CN)C1. The number of aliphatic hydroxyl groups is 1. The van der Waals surface area contributed by atoms with Gasteiger partial charge in [-0.3, -0.25) is 4.90 Å². The highest BCUT2D eigenvalue weighted by Gasteiger charge is 2.25. The third-order valence-electron chi connectivity index (χ3n) is 2.87. The van der Waals surface area contributed by atoms with E-state index in [1.54, 1.807) is 0 Å². The van der Waals surface area contributed by atoms with Crippen LogP contribution in [0.1, 0.15) is 26.7 Å². The molecule has 0 aromatic heterocycles. The van der Waals surface area contributed by atoms with Gasteiger partial charge < -0.3 is 10.8 Å². The number of aliphatic hydroxyl groups excluding tert-OH is 1. The van der Waals surface area contributed by atoms with E-state index in [1.165, 1.54) is 12.8 Å². The van der Waals surface area contributed by atoms with E-state index in [0.29, 0.717) is 6.04 Å². The van der Waals surface area contributed by atoms with Crippen LogP contribution in [0.3, 0.4) is 0 Å². The van der Waals surface area contributed by atoms with E-state index in [0.717, 1.165) is 25.6 Å². The van der Waals surface area contributed by atoms with Gasteiger partial charge in [-0.05, 0) is 32.2 Å². The molecule has 0 bridgehead atoms. The minimum atomic E-state index is -0.234. The molecule has 3 atom stereocenters. The Morgan fingerprint density at radius 1 is 1.62 bits per heavy atom. The lowest BCUT2D eigenvalue weighted by atomic mass is 9.92. The lowest BCUT2D eigenvalue weighted by Crippen LogP contribution is -2.48. The zero-order valence-corrected chi connectivity index (χ0v) is 8.74. The third-order valence-corrected chi connectivity index (χ3v) is 2.87. The van der Waals surface area contributed by atoms with Crippen LogP contribution in [-0.4, -0.2) is 41.8 Å². The van der Waals surface area contributed by atoms with Crippen molar-refractivity contribution in [3.8, 4) is 0 Å². The molecule has 0 radical (unpaired) electrons. The van der Waals surface area contributed by atoms with Crippen LogP contribution < -0.4 is 5.73 Å². The monoisotopic (exact) mass is 186 g/mol. The molecular weight excluding hydrogens is 164 g/mol. The van der Waals surface area contributed by atoms with Crippen molar-refractivity contribution in [2.75, 3.05) is 19.6 Å². The molecule has 1 saturated heterocycles. The molecule has 0 amide bonds. The Bertz CT molecular complexity index is 150. The van der Waals surface area contributed by atoms with Gasteiger partial charge in [0.05, 0.1) is 6.10 Å². The first-order chi connectivity index (χ1) is 6.13. The Hall–Kier alpha value is -0.120. The summed E-state index contributed by atoms with van der Waals surface area (Å²) in [6.07, 6.45) is 2.19. The zero-order chi connectivity index (χ0) is 9.84. The van der Waals surface area contributed by atoms with Gasteiger partial charge in [-0.25, -0.2) is 0 Å². The fraction of sp³-hybridized carbons (Fsp3) is 1.00. The van der Waals surface area contributed by atoms with E-state index in [4.69, 9.17) is 5.73 Å². The summed E-state index contributed by atoms with van der Waals surface area (Å²) in [5, 5.41) is 9.30. The average Bonchev–Trinajstić information content (AvgIpc) is 2.07. The molecule has 0 aromatic rings. The minimum absolute atomic E-state index is 0.234. The highest BCUT2D eigenvalue weighted by atomic mass is 16.3. The van der Waals surface area contributed by atoms with E-state index >= 15 is 0 Å². The highest BCUT2D eigenvalue weighted by Crippen LogP contribution is 2.21. The van der Waals surface area contributed by atoms with Crippen molar-refractivity contribution in [1.82, 2.24) is 4.90 Å². The molecule has 1 aliphatic rings. The van der Waals surface area contributed by atoms with Crippen LogP contribution in [0.4, 0.5) is 0 Å². The van der Waals surface area contributed by atoms with Crippen molar-refractivity contribution >= 4 is 0 Å². The molecule has 1 aliphatic heterocycles. The molecule has 1 fully saturated rings. The van der Waals surface area contributed by atoms with Crippen molar-refractivity contribution < 1.29 is 5.11 Å². The molecule has 13 heavy (non-hydrogen) atoms. The van der Waals surface area contributed by atoms with Gasteiger partial charge in [0.25, 0.3) is 0 Å². The van der Waals surface area contributed by atoms with E-state index < -0.39 is 0 Å². The van der Waals surface area contributed by atoms with Crippen molar-refractivity contribution in [2.24, 2.45) is 11.7 Å². The summed E-state index contributed by atoms with van der Waals surface area (Å²) < 4.78 is 0. The summed E-state index contributed by atoms with van der Waals surface area (Å²) >= 11 is 0. The summed E-state index contributed by atoms with van der Waals surface area (Å²) in [5.74, 6) is 0.791. The molecule has 0 aromatic carbocycles. The van der Waals surface area contributed by atoms with Crippen LogP contribution >= 0.6 is 0 Å². The van der Waals surface area contributed by atoms with Crippen molar-refractivity contribution in [2.45, 2.75) is 38.8 Å². The number of nitrogens with zero attached hydrogens (tertiary/aromatic N) is 1. The summed E-state index contributed by atoms with van der Waals surface area (Å²) in [5.41, 5.74) is 5.71. The molecule has 3 heteroatoms. The number of β-amino-alcohol motifs (C(OH)–C–C–N with tert-alkyl or cyclic N) is 1. The molecule has 3 N–H and O–H groups in total. The smallest absolute Gasteiger partial charge is 0.0639 e. The Morgan fingerprint density at radius 2 is 2.31 bits per heavy atom. The molecular formula is C10H22N2O. The lowest BCUT2D eigenvalue weighted by Gasteiger charge is -2.38. The van der Waals surface area contributed by atoms with Gasteiger partial charge in [-0.15, -0.1) is 0 Å². The predicted molar refractivity (Wildman–Crippen MR) is 54.5 cm³/mol. The van der Waals surface area contributed by atoms with E-state index in [-0.39, 0.29) is 6.10 Å². The first-order valence-electron chi connectivity index (χ1n) is 5.25. The molecule has 1 heterocycles. The number of hydrogen-bond acceptors (Lipinski definition) is 3. The highest BCUT2D eigenvalue weighted by molar-refractivity contribution is 4.81. The maximum Gasteiger partial charge on any atom is 0.0639 e. The Labute approximate surface area is 80.9 Å². The second-order valence-electron chi connectivity index (χ2n) is 4.36. The largest absolute Gasteiger partial charge is 0.392 e. The number of piperidine rings is 1. The van der Waals surface area contributed by atoms with Gasteiger partial charge >= 0.3 is 0 Å². The van der Waals surface area contributed by atoms with Gasteiger partial charge in [0.2, 0.25) is 0 Å². The first kappa shape index (κ1) is 11.0. The van der Waals surface area contributed by atoms with Gasteiger partial charge in [-0.2, -0.15) is 0 Å². The molecule has 1 rings (SSSR count). The summed E-state index contributed by atoms with van der Waals surface area (Å²) in [6.45, 7) is 6.70. The van der Waals surface area contributed by atoms with Crippen LogP contribution in [0, 0.1) is 5.92 Å². The lowest BCUT2D eigenvalue weighted by molar-refractivity contribution is 0.0648. The zero-order valence-electron chi connectivity index (χ0n) is 8.74. The van der Waals surface area contributed by atoms with Gasteiger partial charge in [0, 0.05) is 19.1 Å². The Morgan fingerprint density at radius 3 is 2.85 bits per heavy atom. The normalized spacial score (nSPS) is 33.2. The molecule has 78 valence electrons. The number of hydrogen-bond donors (Lipinski definition) is 2. The molecule has 2 unspecified atom stereocenters. The Kier molecular flexibility index (Phi) is 4.16. The predicted octanol–water partition coefficient (Wildman–Crippen LogP) is 0.426. The number of nitrogens with two attached hydrogens (primary N) is 1. The van der Waals surface area contributed by atoms with Crippen LogP contribution in [0.2, 0.25) is 0 Å². The van der Waals surface area contributed by atoms with Crippen LogP contribution in [0.15, 0.2) is 0 Å². The molecule has 0 saturated carbocycles. The topological polar surface area (TPSA) is 49.5 Å². The van der Waals surface area contributed by atoms with Crippen LogP contribution in [0.25, 0.3) is 0 Å². The fourth-order valence-electron chi connectivity index (χ4n) is 2.13. The first-order valence-corrected chi connectivity index (χ1v) is 5.25. The maximum absolute atomic E-state index is 9.30. The standard InChI is InChI=1S/C10H22N2O/c1-8-3-4-12(7-9(2)13)10(5-8)6-11/h8-10,13H,3-7,11H2,1-2H3/t8?,9-,10?/m1/s1. The fourth-order valence-corrected chi connectivity index (χ4v) is 2.13. The van der Waals surface area contributed by atoms with Gasteiger partial charge in [0.1, 0.15) is 0 Å². The maximum atomic E-state index is 9.30. The van der Waals surface area contributed by atoms with Gasteiger partial charge in [0.15, 0.2) is 0 Å². The second-order valence-corrected chi connectivity index (χ2v) is 4.36. The average molecular weight is 186 g/mol.